The van der Waals surface area contributed by atoms with E-state index >= 15 is 0 Å². The van der Waals surface area contributed by atoms with Gasteiger partial charge in [-0.1, -0.05) is 12.1 Å². The number of anilines is 1. The zero-order chi connectivity index (χ0) is 15.7. The number of hydrogen-bond donors (Lipinski definition) is 0. The maximum atomic E-state index is 12.3. The number of ether oxygens (including phenoxy) is 1. The van der Waals surface area contributed by atoms with Crippen LogP contribution in [-0.4, -0.2) is 24.4 Å². The van der Waals surface area contributed by atoms with Crippen LogP contribution in [0.3, 0.4) is 0 Å². The molecule has 5 nitrogen and oxygen atoms in total. The molecule has 2 aromatic rings. The third-order valence-corrected chi connectivity index (χ3v) is 3.43. The molecule has 5 heteroatoms. The Morgan fingerprint density at radius 1 is 0.955 bits per heavy atom. The van der Waals surface area contributed by atoms with Gasteiger partial charge in [-0.2, -0.15) is 0 Å². The number of imide groups is 1. The second-order valence-electron chi connectivity index (χ2n) is 4.76. The summed E-state index contributed by atoms with van der Waals surface area (Å²) in [6, 6.07) is 12.9. The molecule has 0 spiro atoms. The van der Waals surface area contributed by atoms with Crippen LogP contribution in [0, 0.1) is 0 Å². The number of amides is 2. The van der Waals surface area contributed by atoms with Crippen LogP contribution < -0.4 is 4.90 Å². The van der Waals surface area contributed by atoms with Crippen molar-refractivity contribution in [3.63, 3.8) is 0 Å². The normalized spacial score (nSPS) is 13.2. The number of carbonyl (C=O) groups is 3. The lowest BCUT2D eigenvalue weighted by atomic mass is 10.1. The van der Waals surface area contributed by atoms with Crippen LogP contribution in [-0.2, 0) is 4.74 Å². The minimum absolute atomic E-state index is 0.291. The molecule has 0 atom stereocenters. The SMILES string of the molecule is CCOC(=O)c1ccc(N2C(=O)c3ccccc3C2=O)cc1. The number of fused-ring (bicyclic) bond motifs is 1. The van der Waals surface area contributed by atoms with E-state index in [-0.39, 0.29) is 11.8 Å². The number of esters is 1. The fraction of sp³-hybridized carbons (Fsp3) is 0.118. The smallest absolute Gasteiger partial charge is 0.338 e. The Labute approximate surface area is 127 Å². The average Bonchev–Trinajstić information content (AvgIpc) is 2.80. The lowest BCUT2D eigenvalue weighted by molar-refractivity contribution is 0.0526. The summed E-state index contributed by atoms with van der Waals surface area (Å²) in [6.45, 7) is 2.02. The lowest BCUT2D eigenvalue weighted by Crippen LogP contribution is -2.29. The Morgan fingerprint density at radius 2 is 1.50 bits per heavy atom. The molecular weight excluding hydrogens is 282 g/mol. The zero-order valence-corrected chi connectivity index (χ0v) is 11.9. The summed E-state index contributed by atoms with van der Waals surface area (Å²) in [5.74, 6) is -1.15. The highest BCUT2D eigenvalue weighted by atomic mass is 16.5. The van der Waals surface area contributed by atoms with Gasteiger partial charge in [0.25, 0.3) is 11.8 Å². The molecule has 1 aliphatic heterocycles. The van der Waals surface area contributed by atoms with Crippen LogP contribution in [0.5, 0.6) is 0 Å². The topological polar surface area (TPSA) is 63.7 Å². The quantitative estimate of drug-likeness (QED) is 0.645. The molecule has 2 aromatic carbocycles. The Morgan fingerprint density at radius 3 is 2.00 bits per heavy atom. The van der Waals surface area contributed by atoms with Gasteiger partial charge in [-0.15, -0.1) is 0 Å². The zero-order valence-electron chi connectivity index (χ0n) is 11.9. The lowest BCUT2D eigenvalue weighted by Gasteiger charge is -2.14. The van der Waals surface area contributed by atoms with Crippen LogP contribution in [0.2, 0.25) is 0 Å². The molecule has 22 heavy (non-hydrogen) atoms. The number of carbonyl (C=O) groups excluding carboxylic acids is 3. The van der Waals surface area contributed by atoms with Crippen LogP contribution >= 0.6 is 0 Å². The molecule has 0 unspecified atom stereocenters. The van der Waals surface area contributed by atoms with Crippen molar-refractivity contribution < 1.29 is 19.1 Å². The van der Waals surface area contributed by atoms with Gasteiger partial charge in [0.2, 0.25) is 0 Å². The van der Waals surface area contributed by atoms with E-state index in [1.165, 1.54) is 12.1 Å². The molecule has 0 fully saturated rings. The second kappa shape index (κ2) is 5.44. The molecule has 3 rings (SSSR count). The third-order valence-electron chi connectivity index (χ3n) is 3.43. The summed E-state index contributed by atoms with van der Waals surface area (Å²) in [5, 5.41) is 0. The van der Waals surface area contributed by atoms with Gasteiger partial charge in [-0.05, 0) is 43.3 Å². The van der Waals surface area contributed by atoms with Gasteiger partial charge in [0, 0.05) is 0 Å². The maximum absolute atomic E-state index is 12.3. The first-order chi connectivity index (χ1) is 10.6. The van der Waals surface area contributed by atoms with Crippen LogP contribution in [0.25, 0.3) is 0 Å². The van der Waals surface area contributed by atoms with E-state index in [9.17, 15) is 14.4 Å². The maximum Gasteiger partial charge on any atom is 0.338 e. The van der Waals surface area contributed by atoms with E-state index in [2.05, 4.69) is 0 Å². The van der Waals surface area contributed by atoms with E-state index in [1.54, 1.807) is 43.3 Å². The summed E-state index contributed by atoms with van der Waals surface area (Å²) in [6.07, 6.45) is 0. The summed E-state index contributed by atoms with van der Waals surface area (Å²) < 4.78 is 4.90. The fourth-order valence-electron chi connectivity index (χ4n) is 2.38. The van der Waals surface area contributed by atoms with E-state index in [1.807, 2.05) is 0 Å². The molecule has 0 saturated heterocycles. The molecule has 0 N–H and O–H groups in total. The number of nitrogens with zero attached hydrogens (tertiary/aromatic N) is 1. The van der Waals surface area contributed by atoms with Crippen molar-refractivity contribution in [2.24, 2.45) is 0 Å². The Bertz CT molecular complexity index is 729. The highest BCUT2D eigenvalue weighted by molar-refractivity contribution is 6.34. The first-order valence-corrected chi connectivity index (χ1v) is 6.88. The van der Waals surface area contributed by atoms with E-state index in [0.29, 0.717) is 29.0 Å². The Kier molecular flexibility index (Phi) is 3.47. The average molecular weight is 295 g/mol. The summed E-state index contributed by atoms with van der Waals surface area (Å²) in [5.41, 5.74) is 1.59. The van der Waals surface area contributed by atoms with Crippen LogP contribution in [0.1, 0.15) is 38.0 Å². The molecular formula is C17H13NO4. The van der Waals surface area contributed by atoms with Crippen molar-refractivity contribution in [3.8, 4) is 0 Å². The van der Waals surface area contributed by atoms with Gasteiger partial charge in [-0.3, -0.25) is 9.59 Å². The van der Waals surface area contributed by atoms with E-state index in [4.69, 9.17) is 4.74 Å². The minimum atomic E-state index is -0.434. The highest BCUT2D eigenvalue weighted by Crippen LogP contribution is 2.28. The van der Waals surface area contributed by atoms with Gasteiger partial charge < -0.3 is 4.74 Å². The van der Waals surface area contributed by atoms with Crippen molar-refractivity contribution in [3.05, 3.63) is 65.2 Å². The third kappa shape index (κ3) is 2.16. The van der Waals surface area contributed by atoms with E-state index in [0.717, 1.165) is 4.90 Å². The van der Waals surface area contributed by atoms with Gasteiger partial charge in [0.05, 0.1) is 29.0 Å². The van der Waals surface area contributed by atoms with E-state index < -0.39 is 5.97 Å². The predicted molar refractivity (Wildman–Crippen MR) is 80.0 cm³/mol. The summed E-state index contributed by atoms with van der Waals surface area (Å²) in [4.78, 5) is 37.4. The van der Waals surface area contributed by atoms with Crippen LogP contribution in [0.15, 0.2) is 48.5 Å². The molecule has 0 saturated carbocycles. The molecule has 0 bridgehead atoms. The molecule has 0 aliphatic carbocycles. The van der Waals surface area contributed by atoms with Gasteiger partial charge >= 0.3 is 5.97 Å². The van der Waals surface area contributed by atoms with Crippen molar-refractivity contribution >= 4 is 23.5 Å². The standard InChI is InChI=1S/C17H13NO4/c1-2-22-17(21)11-7-9-12(10-8-11)18-15(19)13-5-3-4-6-14(13)16(18)20/h3-10H,2H2,1H3. The first kappa shape index (κ1) is 14.0. The minimum Gasteiger partial charge on any atom is -0.462 e. The Hall–Kier alpha value is -2.95. The number of hydrogen-bond acceptors (Lipinski definition) is 4. The van der Waals surface area contributed by atoms with Gasteiger partial charge in [0.1, 0.15) is 0 Å². The van der Waals surface area contributed by atoms with Crippen molar-refractivity contribution in [1.29, 1.82) is 0 Å². The fourth-order valence-corrected chi connectivity index (χ4v) is 2.38. The van der Waals surface area contributed by atoms with Crippen molar-refractivity contribution in [2.45, 2.75) is 6.92 Å². The Balaban J connectivity index is 1.92. The monoisotopic (exact) mass is 295 g/mol. The van der Waals surface area contributed by atoms with Crippen LogP contribution in [0.4, 0.5) is 5.69 Å². The molecule has 0 radical (unpaired) electrons. The molecule has 2 amide bonds. The summed E-state index contributed by atoms with van der Waals surface area (Å²) >= 11 is 0. The molecule has 1 heterocycles. The first-order valence-electron chi connectivity index (χ1n) is 6.88. The summed E-state index contributed by atoms with van der Waals surface area (Å²) in [7, 11) is 0. The second-order valence-corrected chi connectivity index (χ2v) is 4.76. The molecule has 110 valence electrons. The van der Waals surface area contributed by atoms with Gasteiger partial charge in [-0.25, -0.2) is 9.69 Å². The predicted octanol–water partition coefficient (Wildman–Crippen LogP) is 2.66. The highest BCUT2D eigenvalue weighted by Gasteiger charge is 2.36. The van der Waals surface area contributed by atoms with Crippen molar-refractivity contribution in [2.75, 3.05) is 11.5 Å². The van der Waals surface area contributed by atoms with Crippen molar-refractivity contribution in [1.82, 2.24) is 0 Å². The van der Waals surface area contributed by atoms with Gasteiger partial charge in [0.15, 0.2) is 0 Å². The number of rotatable bonds is 3. The molecule has 1 aliphatic rings. The molecule has 0 aromatic heterocycles. The largest absolute Gasteiger partial charge is 0.462 e. The number of benzene rings is 2.